The number of para-hydroxylation sites is 1. The lowest BCUT2D eigenvalue weighted by molar-refractivity contribution is -0.111. The molecule has 0 atom stereocenters. The average molecular weight is 283 g/mol. The number of hydrogen-bond acceptors (Lipinski definition) is 2. The normalized spacial score (nSPS) is 11.8. The number of rotatable bonds is 3. The first kappa shape index (κ1) is 15.0. The number of nitrogens with one attached hydrogen (secondary N) is 1. The van der Waals surface area contributed by atoms with E-state index in [0.717, 1.165) is 16.8 Å². The molecule has 0 bridgehead atoms. The van der Waals surface area contributed by atoms with Crippen molar-refractivity contribution in [3.05, 3.63) is 53.9 Å². The third-order valence-electron chi connectivity index (χ3n) is 3.14. The summed E-state index contributed by atoms with van der Waals surface area (Å²) in [5.41, 5.74) is 2.85. The van der Waals surface area contributed by atoms with Gasteiger partial charge in [0.2, 0.25) is 5.91 Å². The van der Waals surface area contributed by atoms with Gasteiger partial charge in [0, 0.05) is 30.6 Å². The van der Waals surface area contributed by atoms with Crippen molar-refractivity contribution in [3.8, 4) is 0 Å². The van der Waals surface area contributed by atoms with Crippen molar-refractivity contribution in [2.45, 2.75) is 26.2 Å². The van der Waals surface area contributed by atoms with Crippen LogP contribution in [0.2, 0.25) is 0 Å². The summed E-state index contributed by atoms with van der Waals surface area (Å²) in [6.07, 6.45) is 6.85. The van der Waals surface area contributed by atoms with Crippen molar-refractivity contribution in [2.24, 2.45) is 7.05 Å². The van der Waals surface area contributed by atoms with Gasteiger partial charge in [-0.05, 0) is 23.1 Å². The Labute approximate surface area is 125 Å². The van der Waals surface area contributed by atoms with Gasteiger partial charge in [0.15, 0.2) is 0 Å². The number of carbonyl (C=O) groups is 1. The largest absolute Gasteiger partial charge is 0.322 e. The summed E-state index contributed by atoms with van der Waals surface area (Å²) in [4.78, 5) is 12.0. The molecule has 0 saturated carbocycles. The van der Waals surface area contributed by atoms with Crippen LogP contribution in [-0.2, 0) is 17.3 Å². The molecule has 0 spiro atoms. The zero-order valence-electron chi connectivity index (χ0n) is 12.9. The van der Waals surface area contributed by atoms with Crippen LogP contribution in [0.1, 0.15) is 31.9 Å². The van der Waals surface area contributed by atoms with Gasteiger partial charge in [0.25, 0.3) is 0 Å². The Bertz CT molecular complexity index is 663. The molecule has 0 radical (unpaired) electrons. The number of nitrogens with zero attached hydrogens (tertiary/aromatic N) is 2. The van der Waals surface area contributed by atoms with Crippen LogP contribution in [0.5, 0.6) is 0 Å². The van der Waals surface area contributed by atoms with E-state index in [2.05, 4.69) is 31.2 Å². The van der Waals surface area contributed by atoms with E-state index in [1.54, 1.807) is 17.0 Å². The van der Waals surface area contributed by atoms with Crippen LogP contribution >= 0.6 is 0 Å². The quantitative estimate of drug-likeness (QED) is 0.878. The predicted molar refractivity (Wildman–Crippen MR) is 86.0 cm³/mol. The van der Waals surface area contributed by atoms with Gasteiger partial charge in [-0.15, -0.1) is 0 Å². The first-order valence-corrected chi connectivity index (χ1v) is 6.93. The molecule has 0 aliphatic heterocycles. The average Bonchev–Trinajstić information content (AvgIpc) is 2.82. The fourth-order valence-corrected chi connectivity index (χ4v) is 2.12. The standard InChI is InChI=1S/C17H21N3O/c1-17(2,3)14-7-5-6-8-15(14)19-16(21)10-9-13-11-18-20(4)12-13/h5-12H,1-4H3,(H,19,21)/b10-9+. The van der Waals surface area contributed by atoms with E-state index in [4.69, 9.17) is 0 Å². The molecule has 0 unspecified atom stereocenters. The summed E-state index contributed by atoms with van der Waals surface area (Å²) >= 11 is 0. The molecule has 1 aromatic heterocycles. The fraction of sp³-hybridized carbons (Fsp3) is 0.294. The molecule has 2 aromatic rings. The molecule has 0 saturated heterocycles. The van der Waals surface area contributed by atoms with Gasteiger partial charge >= 0.3 is 0 Å². The van der Waals surface area contributed by atoms with Crippen LogP contribution in [0.4, 0.5) is 5.69 Å². The van der Waals surface area contributed by atoms with Gasteiger partial charge in [0.1, 0.15) is 0 Å². The molecule has 1 aromatic carbocycles. The van der Waals surface area contributed by atoms with Gasteiger partial charge in [0.05, 0.1) is 6.20 Å². The zero-order valence-corrected chi connectivity index (χ0v) is 12.9. The number of anilines is 1. The second kappa shape index (κ2) is 5.95. The second-order valence-corrected chi connectivity index (χ2v) is 6.07. The zero-order chi connectivity index (χ0) is 15.5. The van der Waals surface area contributed by atoms with Crippen LogP contribution < -0.4 is 5.32 Å². The Hall–Kier alpha value is -2.36. The molecule has 1 heterocycles. The van der Waals surface area contributed by atoms with Gasteiger partial charge in [-0.2, -0.15) is 5.10 Å². The first-order chi connectivity index (χ1) is 9.86. The Kier molecular flexibility index (Phi) is 4.26. The predicted octanol–water partition coefficient (Wildman–Crippen LogP) is 3.37. The van der Waals surface area contributed by atoms with Crippen LogP contribution in [0.25, 0.3) is 6.08 Å². The lowest BCUT2D eigenvalue weighted by Crippen LogP contribution is -2.17. The SMILES string of the molecule is Cn1cc(/C=C/C(=O)Nc2ccccc2C(C)(C)C)cn1. The summed E-state index contributed by atoms with van der Waals surface area (Å²) in [6, 6.07) is 7.88. The van der Waals surface area contributed by atoms with Crippen LogP contribution in [0, 0.1) is 0 Å². The highest BCUT2D eigenvalue weighted by Gasteiger charge is 2.17. The molecule has 0 aliphatic carbocycles. The maximum Gasteiger partial charge on any atom is 0.248 e. The molecule has 4 nitrogen and oxygen atoms in total. The summed E-state index contributed by atoms with van der Waals surface area (Å²) < 4.78 is 1.70. The highest BCUT2D eigenvalue weighted by molar-refractivity contribution is 6.02. The van der Waals surface area contributed by atoms with Crippen molar-refractivity contribution in [3.63, 3.8) is 0 Å². The number of amides is 1. The lowest BCUT2D eigenvalue weighted by atomic mass is 9.86. The van der Waals surface area contributed by atoms with E-state index in [0.29, 0.717) is 0 Å². The smallest absolute Gasteiger partial charge is 0.248 e. The summed E-state index contributed by atoms with van der Waals surface area (Å²) in [5.74, 6) is -0.143. The van der Waals surface area contributed by atoms with Crippen molar-refractivity contribution in [2.75, 3.05) is 5.32 Å². The molecule has 21 heavy (non-hydrogen) atoms. The molecular weight excluding hydrogens is 262 g/mol. The number of benzene rings is 1. The molecule has 1 amide bonds. The Balaban J connectivity index is 2.12. The third kappa shape index (κ3) is 4.05. The maximum atomic E-state index is 12.0. The van der Waals surface area contributed by atoms with E-state index >= 15 is 0 Å². The topological polar surface area (TPSA) is 46.9 Å². The molecule has 0 aliphatic rings. The monoisotopic (exact) mass is 283 g/mol. The summed E-state index contributed by atoms with van der Waals surface area (Å²) in [6.45, 7) is 6.39. The van der Waals surface area contributed by atoms with Gasteiger partial charge in [-0.25, -0.2) is 0 Å². The lowest BCUT2D eigenvalue weighted by Gasteiger charge is -2.22. The molecule has 4 heteroatoms. The summed E-state index contributed by atoms with van der Waals surface area (Å²) in [5, 5.41) is 7.00. The Morgan fingerprint density at radius 2 is 2.00 bits per heavy atom. The minimum absolute atomic E-state index is 0.0169. The summed E-state index contributed by atoms with van der Waals surface area (Å²) in [7, 11) is 1.84. The van der Waals surface area contributed by atoms with E-state index in [1.165, 1.54) is 6.08 Å². The number of aromatic nitrogens is 2. The number of carbonyl (C=O) groups excluding carboxylic acids is 1. The third-order valence-corrected chi connectivity index (χ3v) is 3.14. The first-order valence-electron chi connectivity index (χ1n) is 6.93. The van der Waals surface area contributed by atoms with Crippen LogP contribution in [0.15, 0.2) is 42.7 Å². The number of hydrogen-bond donors (Lipinski definition) is 1. The van der Waals surface area contributed by atoms with Crippen LogP contribution in [-0.4, -0.2) is 15.7 Å². The van der Waals surface area contributed by atoms with Crippen molar-refractivity contribution < 1.29 is 4.79 Å². The van der Waals surface area contributed by atoms with E-state index in [1.807, 2.05) is 37.5 Å². The molecular formula is C17H21N3O. The van der Waals surface area contributed by atoms with Crippen LogP contribution in [0.3, 0.4) is 0 Å². The minimum atomic E-state index is -0.143. The molecule has 2 rings (SSSR count). The maximum absolute atomic E-state index is 12.0. The number of aryl methyl sites for hydroxylation is 1. The highest BCUT2D eigenvalue weighted by atomic mass is 16.1. The molecule has 110 valence electrons. The Morgan fingerprint density at radius 1 is 1.29 bits per heavy atom. The Morgan fingerprint density at radius 3 is 2.62 bits per heavy atom. The highest BCUT2D eigenvalue weighted by Crippen LogP contribution is 2.29. The van der Waals surface area contributed by atoms with E-state index < -0.39 is 0 Å². The van der Waals surface area contributed by atoms with Gasteiger partial charge < -0.3 is 5.32 Å². The second-order valence-electron chi connectivity index (χ2n) is 6.07. The van der Waals surface area contributed by atoms with E-state index in [-0.39, 0.29) is 11.3 Å². The van der Waals surface area contributed by atoms with Crippen molar-refractivity contribution in [1.82, 2.24) is 9.78 Å². The molecule has 1 N–H and O–H groups in total. The van der Waals surface area contributed by atoms with Gasteiger partial charge in [-0.1, -0.05) is 39.0 Å². The molecule has 0 fully saturated rings. The van der Waals surface area contributed by atoms with Crippen molar-refractivity contribution >= 4 is 17.7 Å². The van der Waals surface area contributed by atoms with E-state index in [9.17, 15) is 4.79 Å². The minimum Gasteiger partial charge on any atom is -0.322 e. The van der Waals surface area contributed by atoms with Crippen molar-refractivity contribution in [1.29, 1.82) is 0 Å². The fourth-order valence-electron chi connectivity index (χ4n) is 2.12. The van der Waals surface area contributed by atoms with Gasteiger partial charge in [-0.3, -0.25) is 9.48 Å².